The SMILES string of the molecule is COCC(=O)Nc1cc(C(F)(F)F)ccc1N1CCC(C)CC1. The lowest BCUT2D eigenvalue weighted by molar-refractivity contribution is -0.137. The van der Waals surface area contributed by atoms with Crippen molar-refractivity contribution in [3.8, 4) is 0 Å². The van der Waals surface area contributed by atoms with Crippen molar-refractivity contribution in [2.75, 3.05) is 37.0 Å². The summed E-state index contributed by atoms with van der Waals surface area (Å²) in [4.78, 5) is 13.7. The molecule has 1 aliphatic rings. The molecular weight excluding hydrogens is 309 g/mol. The topological polar surface area (TPSA) is 41.6 Å². The molecule has 0 atom stereocenters. The smallest absolute Gasteiger partial charge is 0.375 e. The minimum absolute atomic E-state index is 0.177. The molecule has 0 aliphatic carbocycles. The summed E-state index contributed by atoms with van der Waals surface area (Å²) < 4.78 is 43.5. The van der Waals surface area contributed by atoms with Crippen LogP contribution in [0.3, 0.4) is 0 Å². The maximum Gasteiger partial charge on any atom is 0.416 e. The number of ether oxygens (including phenoxy) is 1. The third-order valence-corrected chi connectivity index (χ3v) is 4.00. The van der Waals surface area contributed by atoms with Crippen LogP contribution in [0.1, 0.15) is 25.3 Å². The quantitative estimate of drug-likeness (QED) is 0.918. The zero-order valence-electron chi connectivity index (χ0n) is 13.2. The average molecular weight is 330 g/mol. The molecule has 1 aromatic carbocycles. The van der Waals surface area contributed by atoms with Crippen LogP contribution in [0, 0.1) is 5.92 Å². The lowest BCUT2D eigenvalue weighted by Crippen LogP contribution is -2.33. The van der Waals surface area contributed by atoms with Gasteiger partial charge in [0.2, 0.25) is 5.91 Å². The zero-order chi connectivity index (χ0) is 17.0. The van der Waals surface area contributed by atoms with Gasteiger partial charge in [-0.3, -0.25) is 4.79 Å². The third kappa shape index (κ3) is 4.60. The molecule has 0 bridgehead atoms. The fraction of sp³-hybridized carbons (Fsp3) is 0.562. The first-order valence-electron chi connectivity index (χ1n) is 7.56. The van der Waals surface area contributed by atoms with Gasteiger partial charge in [0.15, 0.2) is 0 Å². The van der Waals surface area contributed by atoms with E-state index in [9.17, 15) is 18.0 Å². The zero-order valence-corrected chi connectivity index (χ0v) is 13.2. The Hall–Kier alpha value is -1.76. The van der Waals surface area contributed by atoms with Crippen LogP contribution in [-0.2, 0) is 15.7 Å². The predicted molar refractivity (Wildman–Crippen MR) is 82.6 cm³/mol. The molecule has 1 aliphatic heterocycles. The van der Waals surface area contributed by atoms with Crippen LogP contribution < -0.4 is 10.2 Å². The minimum Gasteiger partial charge on any atom is -0.375 e. The number of carbonyl (C=O) groups excluding carboxylic acids is 1. The highest BCUT2D eigenvalue weighted by Gasteiger charge is 2.32. The van der Waals surface area contributed by atoms with E-state index in [-0.39, 0.29) is 12.3 Å². The van der Waals surface area contributed by atoms with E-state index in [1.165, 1.54) is 13.2 Å². The molecule has 1 fully saturated rings. The molecule has 0 radical (unpaired) electrons. The number of hydrogen-bond acceptors (Lipinski definition) is 3. The maximum absolute atomic E-state index is 12.9. The first kappa shape index (κ1) is 17.6. The lowest BCUT2D eigenvalue weighted by Gasteiger charge is -2.33. The van der Waals surface area contributed by atoms with E-state index >= 15 is 0 Å². The van der Waals surface area contributed by atoms with Crippen LogP contribution in [-0.4, -0.2) is 32.7 Å². The van der Waals surface area contributed by atoms with Gasteiger partial charge in [0.05, 0.1) is 16.9 Å². The van der Waals surface area contributed by atoms with Crippen LogP contribution in [0.25, 0.3) is 0 Å². The highest BCUT2D eigenvalue weighted by Crippen LogP contribution is 2.36. The molecule has 1 aromatic rings. The lowest BCUT2D eigenvalue weighted by atomic mass is 9.98. The summed E-state index contributed by atoms with van der Waals surface area (Å²) in [5.74, 6) is 0.130. The number of hydrogen-bond donors (Lipinski definition) is 1. The molecule has 0 spiro atoms. The summed E-state index contributed by atoms with van der Waals surface area (Å²) in [5.41, 5.74) is 0.0186. The highest BCUT2D eigenvalue weighted by molar-refractivity contribution is 5.95. The number of carbonyl (C=O) groups is 1. The number of piperidine rings is 1. The number of nitrogens with zero attached hydrogens (tertiary/aromatic N) is 1. The molecule has 0 unspecified atom stereocenters. The van der Waals surface area contributed by atoms with Crippen LogP contribution in [0.5, 0.6) is 0 Å². The number of benzene rings is 1. The summed E-state index contributed by atoms with van der Waals surface area (Å²) in [7, 11) is 1.36. The van der Waals surface area contributed by atoms with E-state index in [2.05, 4.69) is 12.2 Å². The Morgan fingerprint density at radius 2 is 2.00 bits per heavy atom. The molecular formula is C16H21F3N2O2. The highest BCUT2D eigenvalue weighted by atomic mass is 19.4. The number of halogens is 3. The Kier molecular flexibility index (Phi) is 5.51. The Balaban J connectivity index is 2.30. The molecule has 0 saturated carbocycles. The maximum atomic E-state index is 12.9. The summed E-state index contributed by atoms with van der Waals surface area (Å²) >= 11 is 0. The van der Waals surface area contributed by atoms with Gasteiger partial charge in [-0.15, -0.1) is 0 Å². The predicted octanol–water partition coefficient (Wildman–Crippen LogP) is 3.53. The van der Waals surface area contributed by atoms with Crippen LogP contribution >= 0.6 is 0 Å². The van der Waals surface area contributed by atoms with Crippen LogP contribution in [0.4, 0.5) is 24.5 Å². The molecule has 1 heterocycles. The Morgan fingerprint density at radius 1 is 1.35 bits per heavy atom. The number of nitrogens with one attached hydrogen (secondary N) is 1. The van der Waals surface area contributed by atoms with E-state index < -0.39 is 17.6 Å². The van der Waals surface area contributed by atoms with Gasteiger partial charge in [0.25, 0.3) is 0 Å². The van der Waals surface area contributed by atoms with Crippen molar-refractivity contribution in [1.82, 2.24) is 0 Å². The molecule has 7 heteroatoms. The monoisotopic (exact) mass is 330 g/mol. The van der Waals surface area contributed by atoms with Crippen molar-refractivity contribution in [2.45, 2.75) is 25.9 Å². The fourth-order valence-corrected chi connectivity index (χ4v) is 2.66. The van der Waals surface area contributed by atoms with E-state index in [1.54, 1.807) is 0 Å². The number of rotatable bonds is 4. The van der Waals surface area contributed by atoms with Gasteiger partial charge in [-0.1, -0.05) is 6.92 Å². The second kappa shape index (κ2) is 7.21. The van der Waals surface area contributed by atoms with Gasteiger partial charge in [0.1, 0.15) is 6.61 Å². The number of anilines is 2. The standard InChI is InChI=1S/C16H21F3N2O2/c1-11-5-7-21(8-6-11)14-4-3-12(16(17,18)19)9-13(14)20-15(22)10-23-2/h3-4,9,11H,5-8,10H2,1-2H3,(H,20,22). The molecule has 23 heavy (non-hydrogen) atoms. The van der Waals surface area contributed by atoms with Crippen molar-refractivity contribution in [1.29, 1.82) is 0 Å². The first-order chi connectivity index (χ1) is 10.8. The second-order valence-corrected chi connectivity index (χ2v) is 5.88. The van der Waals surface area contributed by atoms with Gasteiger partial charge in [0, 0.05) is 20.2 Å². The van der Waals surface area contributed by atoms with E-state index in [0.29, 0.717) is 11.6 Å². The van der Waals surface area contributed by atoms with Gasteiger partial charge in [-0.2, -0.15) is 13.2 Å². The van der Waals surface area contributed by atoms with Crippen molar-refractivity contribution in [3.05, 3.63) is 23.8 Å². The fourth-order valence-electron chi connectivity index (χ4n) is 2.66. The van der Waals surface area contributed by atoms with Crippen molar-refractivity contribution >= 4 is 17.3 Å². The van der Waals surface area contributed by atoms with E-state index in [1.807, 2.05) is 4.90 Å². The molecule has 4 nitrogen and oxygen atoms in total. The van der Waals surface area contributed by atoms with E-state index in [4.69, 9.17) is 4.74 Å². The molecule has 128 valence electrons. The average Bonchev–Trinajstić information content (AvgIpc) is 2.47. The molecule has 1 amide bonds. The van der Waals surface area contributed by atoms with Crippen molar-refractivity contribution in [2.24, 2.45) is 5.92 Å². The summed E-state index contributed by atoms with van der Waals surface area (Å²) in [6.07, 6.45) is -2.49. The summed E-state index contributed by atoms with van der Waals surface area (Å²) in [5, 5.41) is 2.53. The summed E-state index contributed by atoms with van der Waals surface area (Å²) in [6.45, 7) is 3.48. The Morgan fingerprint density at radius 3 is 2.57 bits per heavy atom. The molecule has 2 rings (SSSR count). The number of alkyl halides is 3. The molecule has 1 N–H and O–H groups in total. The van der Waals surface area contributed by atoms with Gasteiger partial charge in [-0.25, -0.2) is 0 Å². The normalized spacial score (nSPS) is 16.5. The molecule has 1 saturated heterocycles. The summed E-state index contributed by atoms with van der Waals surface area (Å²) in [6, 6.07) is 3.47. The molecule has 0 aromatic heterocycles. The third-order valence-electron chi connectivity index (χ3n) is 4.00. The second-order valence-electron chi connectivity index (χ2n) is 5.88. The number of amides is 1. The first-order valence-corrected chi connectivity index (χ1v) is 7.56. The minimum atomic E-state index is -4.45. The van der Waals surface area contributed by atoms with E-state index in [0.717, 1.165) is 38.1 Å². The Labute approximate surface area is 133 Å². The van der Waals surface area contributed by atoms with Gasteiger partial charge >= 0.3 is 6.18 Å². The van der Waals surface area contributed by atoms with Crippen LogP contribution in [0.2, 0.25) is 0 Å². The van der Waals surface area contributed by atoms with Gasteiger partial charge < -0.3 is 15.0 Å². The number of methoxy groups -OCH3 is 1. The van der Waals surface area contributed by atoms with Crippen molar-refractivity contribution in [3.63, 3.8) is 0 Å². The van der Waals surface area contributed by atoms with Crippen LogP contribution in [0.15, 0.2) is 18.2 Å². The Bertz CT molecular complexity index is 553. The van der Waals surface area contributed by atoms with Crippen molar-refractivity contribution < 1.29 is 22.7 Å². The van der Waals surface area contributed by atoms with Gasteiger partial charge in [-0.05, 0) is 37.0 Å². The largest absolute Gasteiger partial charge is 0.416 e.